The van der Waals surface area contributed by atoms with Crippen LogP contribution in [0.5, 0.6) is 0 Å². The first-order chi connectivity index (χ1) is 14.9. The van der Waals surface area contributed by atoms with Gasteiger partial charge in [-0.2, -0.15) is 0 Å². The number of carbonyl (C=O) groups excluding carboxylic acids is 1. The second-order valence-electron chi connectivity index (χ2n) is 7.36. The molecule has 4 rings (SSSR count). The lowest BCUT2D eigenvalue weighted by Gasteiger charge is -2.15. The summed E-state index contributed by atoms with van der Waals surface area (Å²) in [6, 6.07) is 9.87. The molecule has 4 aromatic rings. The predicted molar refractivity (Wildman–Crippen MR) is 131 cm³/mol. The Morgan fingerprint density at radius 1 is 1.13 bits per heavy atom. The van der Waals surface area contributed by atoms with Gasteiger partial charge in [-0.05, 0) is 61.9 Å². The molecule has 1 amide bonds. The number of fused-ring (bicyclic) bond motifs is 1. The number of aryl methyl sites for hydroxylation is 3. The van der Waals surface area contributed by atoms with Crippen molar-refractivity contribution in [3.8, 4) is 5.69 Å². The highest BCUT2D eigenvalue weighted by Gasteiger charge is 2.20. The van der Waals surface area contributed by atoms with Gasteiger partial charge in [-0.1, -0.05) is 30.0 Å². The molecule has 0 spiro atoms. The van der Waals surface area contributed by atoms with E-state index >= 15 is 0 Å². The van der Waals surface area contributed by atoms with Crippen molar-refractivity contribution in [3.63, 3.8) is 0 Å². The predicted octanol–water partition coefficient (Wildman–Crippen LogP) is 5.15. The molecule has 1 aromatic carbocycles. The molecule has 0 bridgehead atoms. The van der Waals surface area contributed by atoms with E-state index < -0.39 is 0 Å². The van der Waals surface area contributed by atoms with E-state index in [0.29, 0.717) is 17.1 Å². The zero-order valence-corrected chi connectivity index (χ0v) is 20.3. The van der Waals surface area contributed by atoms with Crippen LogP contribution in [0, 0.1) is 27.7 Å². The number of amides is 1. The van der Waals surface area contributed by atoms with Crippen LogP contribution >= 0.6 is 34.4 Å². The van der Waals surface area contributed by atoms with E-state index in [4.69, 9.17) is 4.98 Å². The van der Waals surface area contributed by atoms with Gasteiger partial charge in [-0.15, -0.1) is 22.7 Å². The lowest BCUT2D eigenvalue weighted by atomic mass is 10.1. The molecule has 0 aliphatic rings. The first-order valence-electron chi connectivity index (χ1n) is 9.88. The Morgan fingerprint density at radius 2 is 1.94 bits per heavy atom. The largest absolute Gasteiger partial charge is 0.350 e. The van der Waals surface area contributed by atoms with Crippen molar-refractivity contribution in [2.24, 2.45) is 0 Å². The van der Waals surface area contributed by atoms with E-state index in [1.807, 2.05) is 63.4 Å². The van der Waals surface area contributed by atoms with Crippen LogP contribution in [0.2, 0.25) is 0 Å². The molecule has 160 valence electrons. The highest BCUT2D eigenvalue weighted by molar-refractivity contribution is 7.99. The smallest absolute Gasteiger partial charge is 0.267 e. The second kappa shape index (κ2) is 8.98. The minimum absolute atomic E-state index is 0.0814. The highest BCUT2D eigenvalue weighted by atomic mass is 32.2. The Hall–Kier alpha value is -2.42. The van der Waals surface area contributed by atoms with Crippen LogP contribution in [-0.2, 0) is 11.3 Å². The number of hydrogen-bond acceptors (Lipinski definition) is 6. The van der Waals surface area contributed by atoms with Crippen LogP contribution in [0.1, 0.15) is 26.4 Å². The standard InChI is InChI=1S/C23H23N3O2S3/c1-13-7-5-9-18(14(13)2)26-22(28)20-15(3)16(4)31-21(20)25-23(26)30-12-19(27)24-11-17-8-6-10-29-17/h5-10H,11-12H2,1-4H3,(H,24,27). The molecule has 3 heterocycles. The third-order valence-corrected chi connectivity index (χ3v) is 8.28. The molecule has 0 aliphatic carbocycles. The van der Waals surface area contributed by atoms with E-state index in [1.54, 1.807) is 15.9 Å². The Morgan fingerprint density at radius 3 is 2.68 bits per heavy atom. The SMILES string of the molecule is Cc1cccc(-n2c(SCC(=O)NCc3cccs3)nc3sc(C)c(C)c3c2=O)c1C. The van der Waals surface area contributed by atoms with Crippen molar-refractivity contribution in [1.82, 2.24) is 14.9 Å². The first-order valence-corrected chi connectivity index (χ1v) is 12.6. The molecule has 0 saturated carbocycles. The Bertz CT molecular complexity index is 1320. The fourth-order valence-electron chi connectivity index (χ4n) is 3.34. The number of thioether (sulfide) groups is 1. The molecule has 5 nitrogen and oxygen atoms in total. The topological polar surface area (TPSA) is 64.0 Å². The van der Waals surface area contributed by atoms with Crippen molar-refractivity contribution in [2.75, 3.05) is 5.75 Å². The average molecular weight is 470 g/mol. The lowest BCUT2D eigenvalue weighted by Crippen LogP contribution is -2.26. The molecule has 8 heteroatoms. The van der Waals surface area contributed by atoms with Gasteiger partial charge in [-0.3, -0.25) is 14.2 Å². The number of nitrogens with one attached hydrogen (secondary N) is 1. The maximum Gasteiger partial charge on any atom is 0.267 e. The monoisotopic (exact) mass is 469 g/mol. The summed E-state index contributed by atoms with van der Waals surface area (Å²) in [4.78, 5) is 33.8. The lowest BCUT2D eigenvalue weighted by molar-refractivity contribution is -0.118. The third kappa shape index (κ3) is 4.33. The van der Waals surface area contributed by atoms with E-state index in [-0.39, 0.29) is 17.2 Å². The van der Waals surface area contributed by atoms with E-state index in [1.165, 1.54) is 23.1 Å². The molecule has 0 saturated heterocycles. The molecule has 0 fully saturated rings. The molecule has 0 aliphatic heterocycles. The van der Waals surface area contributed by atoms with Gasteiger partial charge in [-0.25, -0.2) is 4.98 Å². The number of nitrogens with zero attached hydrogens (tertiary/aromatic N) is 2. The van der Waals surface area contributed by atoms with E-state index in [9.17, 15) is 9.59 Å². The normalized spacial score (nSPS) is 11.2. The maximum absolute atomic E-state index is 13.6. The Balaban J connectivity index is 1.72. The van der Waals surface area contributed by atoms with Gasteiger partial charge in [0.25, 0.3) is 5.56 Å². The minimum atomic E-state index is -0.0844. The average Bonchev–Trinajstić information content (AvgIpc) is 3.36. The minimum Gasteiger partial charge on any atom is -0.350 e. The third-order valence-electron chi connectivity index (χ3n) is 5.36. The van der Waals surface area contributed by atoms with Crippen LogP contribution in [-0.4, -0.2) is 21.2 Å². The van der Waals surface area contributed by atoms with Crippen LogP contribution in [0.4, 0.5) is 0 Å². The summed E-state index contributed by atoms with van der Waals surface area (Å²) < 4.78 is 1.67. The van der Waals surface area contributed by atoms with Gasteiger partial charge in [0.15, 0.2) is 5.16 Å². The first kappa shape index (κ1) is 21.8. The Labute approximate surface area is 193 Å². The second-order valence-corrected chi connectivity index (χ2v) is 10.5. The van der Waals surface area contributed by atoms with Crippen molar-refractivity contribution in [1.29, 1.82) is 0 Å². The fraction of sp³-hybridized carbons (Fsp3) is 0.261. The number of benzene rings is 1. The summed E-state index contributed by atoms with van der Waals surface area (Å²) in [5.74, 6) is 0.108. The Kier molecular flexibility index (Phi) is 6.31. The van der Waals surface area contributed by atoms with Gasteiger partial charge in [0.1, 0.15) is 4.83 Å². The van der Waals surface area contributed by atoms with E-state index in [0.717, 1.165) is 37.0 Å². The number of hydrogen-bond donors (Lipinski definition) is 1. The quantitative estimate of drug-likeness (QED) is 0.313. The van der Waals surface area contributed by atoms with Crippen molar-refractivity contribution in [3.05, 3.63) is 72.5 Å². The van der Waals surface area contributed by atoms with E-state index in [2.05, 4.69) is 5.32 Å². The summed E-state index contributed by atoms with van der Waals surface area (Å²) in [6.45, 7) is 8.52. The molecule has 0 unspecified atom stereocenters. The van der Waals surface area contributed by atoms with Crippen LogP contribution < -0.4 is 10.9 Å². The molecule has 0 radical (unpaired) electrons. The molecule has 3 aromatic heterocycles. The van der Waals surface area contributed by atoms with Gasteiger partial charge in [0, 0.05) is 9.75 Å². The fourth-order valence-corrected chi connectivity index (χ4v) is 5.89. The summed E-state index contributed by atoms with van der Waals surface area (Å²) in [5, 5.41) is 6.13. The molecular weight excluding hydrogens is 446 g/mol. The van der Waals surface area contributed by atoms with Gasteiger partial charge < -0.3 is 5.32 Å². The van der Waals surface area contributed by atoms with Crippen LogP contribution in [0.15, 0.2) is 45.7 Å². The molecule has 31 heavy (non-hydrogen) atoms. The molecule has 0 atom stereocenters. The number of carbonyl (C=O) groups is 1. The number of thiophene rings is 2. The van der Waals surface area contributed by atoms with Crippen molar-refractivity contribution in [2.45, 2.75) is 39.4 Å². The van der Waals surface area contributed by atoms with Gasteiger partial charge in [0.05, 0.1) is 23.4 Å². The van der Waals surface area contributed by atoms with Crippen molar-refractivity contribution >= 4 is 50.6 Å². The van der Waals surface area contributed by atoms with Gasteiger partial charge >= 0.3 is 0 Å². The van der Waals surface area contributed by atoms with Crippen LogP contribution in [0.25, 0.3) is 15.9 Å². The number of aromatic nitrogens is 2. The summed E-state index contributed by atoms with van der Waals surface area (Å²) >= 11 is 4.43. The van der Waals surface area contributed by atoms with Crippen LogP contribution in [0.3, 0.4) is 0 Å². The van der Waals surface area contributed by atoms with Gasteiger partial charge in [0.2, 0.25) is 5.91 Å². The maximum atomic E-state index is 13.6. The zero-order valence-electron chi connectivity index (χ0n) is 17.8. The zero-order chi connectivity index (χ0) is 22.1. The summed E-state index contributed by atoms with van der Waals surface area (Å²) in [5.41, 5.74) is 3.83. The van der Waals surface area contributed by atoms with Crippen molar-refractivity contribution < 1.29 is 4.79 Å². The molecular formula is C23H23N3O2S3. The number of rotatable bonds is 6. The summed E-state index contributed by atoms with van der Waals surface area (Å²) in [7, 11) is 0. The summed E-state index contributed by atoms with van der Waals surface area (Å²) in [6.07, 6.45) is 0. The highest BCUT2D eigenvalue weighted by Crippen LogP contribution is 2.30. The molecule has 1 N–H and O–H groups in total.